The van der Waals surface area contributed by atoms with Crippen LogP contribution in [0, 0.1) is 5.82 Å². The van der Waals surface area contributed by atoms with E-state index in [1.54, 1.807) is 18.2 Å². The van der Waals surface area contributed by atoms with Gasteiger partial charge in [0, 0.05) is 23.4 Å². The molecule has 0 saturated heterocycles. The summed E-state index contributed by atoms with van der Waals surface area (Å²) in [6, 6.07) is 8.80. The minimum absolute atomic E-state index is 0.219. The second kappa shape index (κ2) is 4.00. The summed E-state index contributed by atoms with van der Waals surface area (Å²) in [5.74, 6) is 0.441. The van der Waals surface area contributed by atoms with Crippen molar-refractivity contribution in [3.05, 3.63) is 42.3 Å². The van der Waals surface area contributed by atoms with Crippen LogP contribution in [0.4, 0.5) is 10.2 Å². The summed E-state index contributed by atoms with van der Waals surface area (Å²) in [7, 11) is 0. The molecule has 0 saturated carbocycles. The van der Waals surface area contributed by atoms with Crippen LogP contribution in [0.3, 0.4) is 0 Å². The van der Waals surface area contributed by atoms with Gasteiger partial charge in [-0.1, -0.05) is 18.2 Å². The lowest BCUT2D eigenvalue weighted by molar-refractivity contribution is 0.611. The normalized spacial score (nSPS) is 11.0. The summed E-state index contributed by atoms with van der Waals surface area (Å²) < 4.78 is 15.5. The van der Waals surface area contributed by atoms with E-state index in [-0.39, 0.29) is 11.9 Å². The van der Waals surface area contributed by atoms with E-state index in [0.29, 0.717) is 11.4 Å². The lowest BCUT2D eigenvalue weighted by Crippen LogP contribution is -2.02. The fraction of sp³-hybridized carbons (Fsp3) is 0.231. The molecule has 16 heavy (non-hydrogen) atoms. The lowest BCUT2D eigenvalue weighted by Gasteiger charge is -2.08. The van der Waals surface area contributed by atoms with E-state index in [1.807, 2.05) is 30.7 Å². The van der Waals surface area contributed by atoms with Crippen LogP contribution in [0.1, 0.15) is 19.9 Å². The highest BCUT2D eigenvalue weighted by Gasteiger charge is 2.10. The molecule has 0 spiro atoms. The number of nitrogens with two attached hydrogens (primary N) is 1. The van der Waals surface area contributed by atoms with Gasteiger partial charge in [0.25, 0.3) is 0 Å². The molecule has 0 fully saturated rings. The summed E-state index contributed by atoms with van der Waals surface area (Å²) in [5, 5.41) is 0. The lowest BCUT2D eigenvalue weighted by atomic mass is 10.1. The number of hydrogen-bond donors (Lipinski definition) is 1. The molecular weight excluding hydrogens is 203 g/mol. The summed E-state index contributed by atoms with van der Waals surface area (Å²) >= 11 is 0. The summed E-state index contributed by atoms with van der Waals surface area (Å²) in [6.45, 7) is 4.09. The average Bonchev–Trinajstić information content (AvgIpc) is 2.61. The molecule has 0 bridgehead atoms. The zero-order valence-electron chi connectivity index (χ0n) is 9.44. The van der Waals surface area contributed by atoms with E-state index < -0.39 is 0 Å². The van der Waals surface area contributed by atoms with Crippen LogP contribution in [-0.2, 0) is 0 Å². The molecule has 3 heteroatoms. The number of nitrogen functional groups attached to an aromatic ring is 1. The summed E-state index contributed by atoms with van der Waals surface area (Å²) in [5.41, 5.74) is 7.28. The summed E-state index contributed by atoms with van der Waals surface area (Å²) in [6.07, 6.45) is 1.89. The Kier molecular flexibility index (Phi) is 2.69. The van der Waals surface area contributed by atoms with Gasteiger partial charge in [-0.2, -0.15) is 0 Å². The number of aromatic nitrogens is 1. The molecule has 84 valence electrons. The maximum atomic E-state index is 13.6. The third-order valence-electron chi connectivity index (χ3n) is 2.62. The topological polar surface area (TPSA) is 30.9 Å². The highest BCUT2D eigenvalue weighted by Crippen LogP contribution is 2.27. The van der Waals surface area contributed by atoms with Crippen LogP contribution in [0.2, 0.25) is 0 Å². The molecular formula is C13H15FN2. The van der Waals surface area contributed by atoms with Crippen molar-refractivity contribution >= 4 is 5.82 Å². The zero-order valence-corrected chi connectivity index (χ0v) is 9.44. The number of halogens is 1. The Morgan fingerprint density at radius 3 is 2.50 bits per heavy atom. The van der Waals surface area contributed by atoms with Gasteiger partial charge in [0.2, 0.25) is 0 Å². The van der Waals surface area contributed by atoms with Crippen LogP contribution in [0.5, 0.6) is 0 Å². The van der Waals surface area contributed by atoms with Gasteiger partial charge in [0.15, 0.2) is 0 Å². The minimum Gasteiger partial charge on any atom is -0.385 e. The number of anilines is 1. The van der Waals surface area contributed by atoms with Crippen molar-refractivity contribution in [3.63, 3.8) is 0 Å². The number of benzene rings is 1. The highest BCUT2D eigenvalue weighted by atomic mass is 19.1. The van der Waals surface area contributed by atoms with Crippen molar-refractivity contribution < 1.29 is 4.39 Å². The zero-order chi connectivity index (χ0) is 11.7. The number of rotatable bonds is 2. The molecule has 0 radical (unpaired) electrons. The molecule has 0 amide bonds. The molecule has 1 heterocycles. The quantitative estimate of drug-likeness (QED) is 0.822. The first-order chi connectivity index (χ1) is 7.59. The Balaban J connectivity index is 2.50. The Hall–Kier alpha value is -1.77. The maximum Gasteiger partial charge on any atom is 0.131 e. The van der Waals surface area contributed by atoms with E-state index in [0.717, 1.165) is 5.56 Å². The highest BCUT2D eigenvalue weighted by molar-refractivity contribution is 5.67. The van der Waals surface area contributed by atoms with Crippen molar-refractivity contribution in [1.82, 2.24) is 4.57 Å². The Morgan fingerprint density at radius 1 is 1.25 bits per heavy atom. The molecule has 1 aromatic carbocycles. The molecule has 2 nitrogen and oxygen atoms in total. The van der Waals surface area contributed by atoms with Gasteiger partial charge in [-0.25, -0.2) is 4.39 Å². The first-order valence-corrected chi connectivity index (χ1v) is 5.32. The van der Waals surface area contributed by atoms with Crippen LogP contribution in [0.25, 0.3) is 11.1 Å². The molecule has 0 atom stereocenters. The van der Waals surface area contributed by atoms with Gasteiger partial charge >= 0.3 is 0 Å². The first kappa shape index (κ1) is 10.7. The third kappa shape index (κ3) is 1.81. The molecule has 1 aromatic heterocycles. The molecule has 2 rings (SSSR count). The number of nitrogens with zero attached hydrogens (tertiary/aromatic N) is 1. The van der Waals surface area contributed by atoms with Crippen molar-refractivity contribution in [3.8, 4) is 11.1 Å². The Bertz CT molecular complexity index is 500. The number of hydrogen-bond acceptors (Lipinski definition) is 1. The van der Waals surface area contributed by atoms with Gasteiger partial charge in [-0.3, -0.25) is 0 Å². The van der Waals surface area contributed by atoms with Gasteiger partial charge in [0.05, 0.1) is 0 Å². The van der Waals surface area contributed by atoms with Gasteiger partial charge in [0.1, 0.15) is 11.6 Å². The predicted molar refractivity (Wildman–Crippen MR) is 64.6 cm³/mol. The standard InChI is InChI=1S/C13H15FN2/c1-9(2)16-8-10(7-13(16)15)11-5-3-4-6-12(11)14/h3-9H,15H2,1-2H3. The molecule has 0 aliphatic rings. The predicted octanol–water partition coefficient (Wildman–Crippen LogP) is 3.46. The Morgan fingerprint density at radius 2 is 1.94 bits per heavy atom. The van der Waals surface area contributed by atoms with Crippen molar-refractivity contribution in [2.75, 3.05) is 5.73 Å². The largest absolute Gasteiger partial charge is 0.385 e. The second-order valence-electron chi connectivity index (χ2n) is 4.13. The van der Waals surface area contributed by atoms with Gasteiger partial charge < -0.3 is 10.3 Å². The van der Waals surface area contributed by atoms with E-state index in [2.05, 4.69) is 0 Å². The monoisotopic (exact) mass is 218 g/mol. The van der Waals surface area contributed by atoms with Crippen LogP contribution in [-0.4, -0.2) is 4.57 Å². The SMILES string of the molecule is CC(C)n1cc(-c2ccccc2F)cc1N. The Labute approximate surface area is 94.5 Å². The van der Waals surface area contributed by atoms with Crippen molar-refractivity contribution in [2.24, 2.45) is 0 Å². The van der Waals surface area contributed by atoms with Gasteiger partial charge in [-0.15, -0.1) is 0 Å². The molecule has 0 aliphatic heterocycles. The van der Waals surface area contributed by atoms with E-state index >= 15 is 0 Å². The molecule has 2 aromatic rings. The van der Waals surface area contributed by atoms with Crippen molar-refractivity contribution in [2.45, 2.75) is 19.9 Å². The summed E-state index contributed by atoms with van der Waals surface area (Å²) in [4.78, 5) is 0. The van der Waals surface area contributed by atoms with Crippen LogP contribution < -0.4 is 5.73 Å². The fourth-order valence-corrected chi connectivity index (χ4v) is 1.79. The molecule has 2 N–H and O–H groups in total. The maximum absolute atomic E-state index is 13.6. The van der Waals surface area contributed by atoms with Crippen LogP contribution in [0.15, 0.2) is 36.5 Å². The average molecular weight is 218 g/mol. The minimum atomic E-state index is -0.219. The van der Waals surface area contributed by atoms with E-state index in [4.69, 9.17) is 5.73 Å². The van der Waals surface area contributed by atoms with Gasteiger partial charge in [-0.05, 0) is 26.0 Å². The third-order valence-corrected chi connectivity index (χ3v) is 2.62. The molecule has 0 unspecified atom stereocenters. The molecule has 0 aliphatic carbocycles. The first-order valence-electron chi connectivity index (χ1n) is 5.32. The van der Waals surface area contributed by atoms with Crippen molar-refractivity contribution in [1.29, 1.82) is 0 Å². The smallest absolute Gasteiger partial charge is 0.131 e. The van der Waals surface area contributed by atoms with Crippen LogP contribution >= 0.6 is 0 Å². The fourth-order valence-electron chi connectivity index (χ4n) is 1.79. The van der Waals surface area contributed by atoms with E-state index in [1.165, 1.54) is 6.07 Å². The second-order valence-corrected chi connectivity index (χ2v) is 4.13. The van der Waals surface area contributed by atoms with E-state index in [9.17, 15) is 4.39 Å².